The van der Waals surface area contributed by atoms with Crippen LogP contribution in [0.4, 0.5) is 0 Å². The summed E-state index contributed by atoms with van der Waals surface area (Å²) in [5.74, 6) is 1.27. The molecule has 0 saturated heterocycles. The molecule has 0 aliphatic heterocycles. The Hall–Kier alpha value is -2.35. The fourth-order valence-electron chi connectivity index (χ4n) is 6.47. The highest BCUT2D eigenvalue weighted by molar-refractivity contribution is 7.18. The average Bonchev–Trinajstić information content (AvgIpc) is 3.28. The van der Waals surface area contributed by atoms with Crippen molar-refractivity contribution >= 4 is 27.5 Å². The molecule has 4 fully saturated rings. The van der Waals surface area contributed by atoms with Crippen molar-refractivity contribution in [1.82, 2.24) is 30.5 Å². The SMILES string of the molecule is Cc1nc2ccc(C(=O)NC34C[C@H]5C[C@@H](C3)CC(n3ncnn3)(C5)C4)cc2s1. The maximum absolute atomic E-state index is 13.2. The summed E-state index contributed by atoms with van der Waals surface area (Å²) in [5.41, 5.74) is 1.44. The molecule has 0 spiro atoms. The van der Waals surface area contributed by atoms with Crippen molar-refractivity contribution < 1.29 is 4.79 Å². The number of hydrogen-bond acceptors (Lipinski definition) is 6. The van der Waals surface area contributed by atoms with Gasteiger partial charge >= 0.3 is 0 Å². The highest BCUT2D eigenvalue weighted by Crippen LogP contribution is 2.60. The smallest absolute Gasteiger partial charge is 0.251 e. The molecule has 4 aliphatic carbocycles. The molecule has 144 valence electrons. The number of rotatable bonds is 3. The fraction of sp³-hybridized carbons (Fsp3) is 0.550. The molecule has 1 amide bonds. The summed E-state index contributed by atoms with van der Waals surface area (Å²) in [6.07, 6.45) is 8.02. The third kappa shape index (κ3) is 2.43. The van der Waals surface area contributed by atoms with Crippen LogP contribution in [0.15, 0.2) is 24.5 Å². The lowest BCUT2D eigenvalue weighted by Gasteiger charge is -2.61. The predicted molar refractivity (Wildman–Crippen MR) is 105 cm³/mol. The van der Waals surface area contributed by atoms with E-state index in [4.69, 9.17) is 0 Å². The topological polar surface area (TPSA) is 85.6 Å². The second-order valence-electron chi connectivity index (χ2n) is 9.06. The van der Waals surface area contributed by atoms with Crippen molar-refractivity contribution in [1.29, 1.82) is 0 Å². The Morgan fingerprint density at radius 3 is 2.82 bits per heavy atom. The van der Waals surface area contributed by atoms with Gasteiger partial charge in [0.1, 0.15) is 0 Å². The van der Waals surface area contributed by atoms with Gasteiger partial charge in [-0.2, -0.15) is 4.80 Å². The van der Waals surface area contributed by atoms with E-state index >= 15 is 0 Å². The van der Waals surface area contributed by atoms with E-state index in [-0.39, 0.29) is 17.0 Å². The monoisotopic (exact) mass is 394 g/mol. The number of aromatic nitrogens is 5. The number of thiazole rings is 1. The van der Waals surface area contributed by atoms with Gasteiger partial charge in [0.15, 0.2) is 6.33 Å². The molecule has 7 nitrogen and oxygen atoms in total. The van der Waals surface area contributed by atoms with Crippen LogP contribution in [0.25, 0.3) is 10.2 Å². The number of amides is 1. The van der Waals surface area contributed by atoms with Crippen molar-refractivity contribution in [3.8, 4) is 0 Å². The van der Waals surface area contributed by atoms with Crippen molar-refractivity contribution in [2.24, 2.45) is 11.8 Å². The van der Waals surface area contributed by atoms with Gasteiger partial charge in [0, 0.05) is 11.1 Å². The molecule has 3 aromatic rings. The zero-order chi connectivity index (χ0) is 18.9. The zero-order valence-electron chi connectivity index (χ0n) is 15.8. The molecule has 2 aromatic heterocycles. The van der Waals surface area contributed by atoms with Gasteiger partial charge in [-0.15, -0.1) is 21.5 Å². The molecule has 1 aromatic carbocycles. The average molecular weight is 395 g/mol. The first kappa shape index (κ1) is 16.6. The lowest BCUT2D eigenvalue weighted by molar-refractivity contribution is -0.0810. The van der Waals surface area contributed by atoms with Crippen LogP contribution < -0.4 is 5.32 Å². The Morgan fingerprint density at radius 2 is 2.07 bits per heavy atom. The molecule has 2 heterocycles. The summed E-state index contributed by atoms with van der Waals surface area (Å²) < 4.78 is 1.07. The summed E-state index contributed by atoms with van der Waals surface area (Å²) in [6.45, 7) is 2.00. The predicted octanol–water partition coefficient (Wildman–Crippen LogP) is 3.07. The second kappa shape index (κ2) is 5.59. The van der Waals surface area contributed by atoms with Crippen LogP contribution in [-0.2, 0) is 5.54 Å². The molecule has 4 saturated carbocycles. The number of fused-ring (bicyclic) bond motifs is 1. The van der Waals surface area contributed by atoms with E-state index in [0.29, 0.717) is 11.8 Å². The summed E-state index contributed by atoms with van der Waals surface area (Å²) >= 11 is 1.63. The number of carbonyl (C=O) groups is 1. The Bertz CT molecular complexity index is 1060. The Labute approximate surface area is 166 Å². The van der Waals surface area contributed by atoms with Crippen molar-refractivity contribution in [2.45, 2.75) is 56.5 Å². The molecular weight excluding hydrogens is 372 g/mol. The van der Waals surface area contributed by atoms with Gasteiger partial charge < -0.3 is 5.32 Å². The standard InChI is InChI=1S/C20H22N6OS/c1-12-23-16-3-2-15(5-17(16)28-12)18(27)24-19-6-13-4-14(7-19)9-20(8-13,10-19)26-22-11-21-25-26/h2-3,5,11,13-14H,4,6-10H2,1H3,(H,24,27)/t13-,14+,19?,20?. The van der Waals surface area contributed by atoms with Gasteiger partial charge in [-0.05, 0) is 80.7 Å². The highest BCUT2D eigenvalue weighted by atomic mass is 32.1. The number of aryl methyl sites for hydroxylation is 1. The number of tetrazole rings is 1. The molecular formula is C20H22N6OS. The summed E-state index contributed by atoms with van der Waals surface area (Å²) in [6, 6.07) is 5.82. The molecule has 4 atom stereocenters. The third-order valence-corrected chi connectivity index (χ3v) is 7.87. The van der Waals surface area contributed by atoms with E-state index in [9.17, 15) is 4.79 Å². The van der Waals surface area contributed by atoms with Crippen LogP contribution >= 0.6 is 11.3 Å². The zero-order valence-corrected chi connectivity index (χ0v) is 16.6. The van der Waals surface area contributed by atoms with Crippen LogP contribution in [0, 0.1) is 18.8 Å². The maximum atomic E-state index is 13.2. The minimum atomic E-state index is -0.159. The van der Waals surface area contributed by atoms with Crippen molar-refractivity contribution in [3.05, 3.63) is 35.1 Å². The Balaban J connectivity index is 1.32. The third-order valence-electron chi connectivity index (χ3n) is 6.94. The quantitative estimate of drug-likeness (QED) is 0.738. The van der Waals surface area contributed by atoms with E-state index in [2.05, 4.69) is 25.7 Å². The molecule has 4 aliphatic rings. The lowest BCUT2D eigenvalue weighted by atomic mass is 9.50. The van der Waals surface area contributed by atoms with E-state index in [1.165, 1.54) is 12.7 Å². The molecule has 7 rings (SSSR count). The lowest BCUT2D eigenvalue weighted by Crippen LogP contribution is -2.66. The largest absolute Gasteiger partial charge is 0.346 e. The van der Waals surface area contributed by atoms with Crippen LogP contribution in [0.2, 0.25) is 0 Å². The summed E-state index contributed by atoms with van der Waals surface area (Å²) in [5, 5.41) is 17.1. The summed E-state index contributed by atoms with van der Waals surface area (Å²) in [4.78, 5) is 19.5. The van der Waals surface area contributed by atoms with E-state index in [1.54, 1.807) is 11.3 Å². The number of carbonyl (C=O) groups excluding carboxylic acids is 1. The first-order chi connectivity index (χ1) is 13.5. The number of nitrogens with one attached hydrogen (secondary N) is 1. The second-order valence-corrected chi connectivity index (χ2v) is 10.3. The van der Waals surface area contributed by atoms with Gasteiger partial charge in [-0.3, -0.25) is 4.79 Å². The Morgan fingerprint density at radius 1 is 1.25 bits per heavy atom. The Kier molecular flexibility index (Phi) is 3.31. The molecule has 1 N–H and O–H groups in total. The van der Waals surface area contributed by atoms with Gasteiger partial charge in [0.2, 0.25) is 0 Å². The molecule has 8 heteroatoms. The fourth-order valence-corrected chi connectivity index (χ4v) is 7.34. The highest BCUT2D eigenvalue weighted by Gasteiger charge is 2.60. The van der Waals surface area contributed by atoms with E-state index in [0.717, 1.165) is 52.9 Å². The first-order valence-corrected chi connectivity index (χ1v) is 10.8. The normalized spacial score (nSPS) is 33.5. The van der Waals surface area contributed by atoms with E-state index < -0.39 is 0 Å². The van der Waals surface area contributed by atoms with Gasteiger partial charge in [-0.1, -0.05) is 0 Å². The molecule has 0 radical (unpaired) electrons. The van der Waals surface area contributed by atoms with Crippen molar-refractivity contribution in [2.75, 3.05) is 0 Å². The maximum Gasteiger partial charge on any atom is 0.251 e. The van der Waals surface area contributed by atoms with Crippen LogP contribution in [-0.4, -0.2) is 36.6 Å². The number of nitrogens with zero attached hydrogens (tertiary/aromatic N) is 5. The number of hydrogen-bond donors (Lipinski definition) is 1. The molecule has 28 heavy (non-hydrogen) atoms. The summed E-state index contributed by atoms with van der Waals surface area (Å²) in [7, 11) is 0. The van der Waals surface area contributed by atoms with Gasteiger partial charge in [0.25, 0.3) is 5.91 Å². The van der Waals surface area contributed by atoms with Gasteiger partial charge in [0.05, 0.1) is 20.8 Å². The molecule has 2 unspecified atom stereocenters. The van der Waals surface area contributed by atoms with Crippen LogP contribution in [0.1, 0.15) is 53.9 Å². The van der Waals surface area contributed by atoms with Gasteiger partial charge in [-0.25, -0.2) is 4.98 Å². The van der Waals surface area contributed by atoms with Crippen LogP contribution in [0.3, 0.4) is 0 Å². The minimum absolute atomic E-state index is 0.0246. The van der Waals surface area contributed by atoms with Crippen molar-refractivity contribution in [3.63, 3.8) is 0 Å². The number of benzene rings is 1. The minimum Gasteiger partial charge on any atom is -0.346 e. The van der Waals surface area contributed by atoms with Crippen LogP contribution in [0.5, 0.6) is 0 Å². The van der Waals surface area contributed by atoms with E-state index in [1.807, 2.05) is 29.9 Å². The first-order valence-electron chi connectivity index (χ1n) is 9.96. The molecule has 4 bridgehead atoms.